The number of hydrogen-bond acceptors (Lipinski definition) is 1. The summed E-state index contributed by atoms with van der Waals surface area (Å²) >= 11 is 0. The molecule has 0 fully saturated rings. The second-order valence-electron chi connectivity index (χ2n) is 3.35. The van der Waals surface area contributed by atoms with E-state index in [-0.39, 0.29) is 0 Å². The van der Waals surface area contributed by atoms with Gasteiger partial charge in [0.2, 0.25) is 0 Å². The highest BCUT2D eigenvalue weighted by Gasteiger charge is 2.09. The minimum atomic E-state index is 0.826. The summed E-state index contributed by atoms with van der Waals surface area (Å²) in [5.74, 6) is 1.70. The van der Waals surface area contributed by atoms with Crippen molar-refractivity contribution in [3.05, 3.63) is 13.2 Å². The molecule has 1 N–H and O–H groups in total. The highest BCUT2D eigenvalue weighted by Crippen LogP contribution is 2.15. The van der Waals surface area contributed by atoms with Gasteiger partial charge in [0, 0.05) is 0 Å². The van der Waals surface area contributed by atoms with Crippen LogP contribution in [-0.4, -0.2) is 13.6 Å². The fraction of sp³-hybridized carbons (Fsp3) is 0.818. The summed E-state index contributed by atoms with van der Waals surface area (Å²) in [6.45, 7) is 14.0. The summed E-state index contributed by atoms with van der Waals surface area (Å²) in [6.07, 6.45) is 2.67. The first-order valence-electron chi connectivity index (χ1n) is 4.87. The Labute approximate surface area is 78.3 Å². The Morgan fingerprint density at radius 1 is 1.25 bits per heavy atom. The van der Waals surface area contributed by atoms with E-state index >= 15 is 0 Å². The minimum Gasteiger partial charge on any atom is -0.319 e. The number of nitrogens with one attached hydrogen (secondary N) is 1. The molecule has 0 aliphatic rings. The predicted octanol–water partition coefficient (Wildman–Crippen LogP) is 3.08. The topological polar surface area (TPSA) is 12.0 Å². The molecule has 0 rings (SSSR count). The Morgan fingerprint density at radius 3 is 2.00 bits per heavy atom. The van der Waals surface area contributed by atoms with Gasteiger partial charge in [0.15, 0.2) is 0 Å². The second-order valence-corrected chi connectivity index (χ2v) is 3.35. The van der Waals surface area contributed by atoms with E-state index in [1.54, 1.807) is 0 Å². The van der Waals surface area contributed by atoms with Crippen molar-refractivity contribution >= 4 is 0 Å². The lowest BCUT2D eigenvalue weighted by Crippen LogP contribution is -2.22. The van der Waals surface area contributed by atoms with Gasteiger partial charge in [-0.1, -0.05) is 27.2 Å². The molecule has 1 unspecified atom stereocenters. The molecule has 0 heterocycles. The molecular weight excluding hydrogens is 146 g/mol. The van der Waals surface area contributed by atoms with Crippen LogP contribution in [0.25, 0.3) is 0 Å². The molecule has 74 valence electrons. The predicted molar refractivity (Wildman–Crippen MR) is 58.4 cm³/mol. The molecule has 0 bridgehead atoms. The SMILES string of the molecule is C=C.CCCC(CNC)C(C)C. The fourth-order valence-corrected chi connectivity index (χ4v) is 1.30. The van der Waals surface area contributed by atoms with Gasteiger partial charge in [-0.05, 0) is 31.8 Å². The molecule has 12 heavy (non-hydrogen) atoms. The van der Waals surface area contributed by atoms with Gasteiger partial charge in [-0.2, -0.15) is 0 Å². The second kappa shape index (κ2) is 10.7. The molecule has 0 aliphatic carbocycles. The zero-order valence-corrected chi connectivity index (χ0v) is 9.19. The van der Waals surface area contributed by atoms with Crippen LogP contribution in [0.5, 0.6) is 0 Å². The van der Waals surface area contributed by atoms with E-state index in [1.165, 1.54) is 19.4 Å². The molecule has 1 atom stereocenters. The van der Waals surface area contributed by atoms with Gasteiger partial charge in [-0.15, -0.1) is 13.2 Å². The van der Waals surface area contributed by atoms with E-state index in [2.05, 4.69) is 39.2 Å². The summed E-state index contributed by atoms with van der Waals surface area (Å²) in [5.41, 5.74) is 0. The normalized spacial score (nSPS) is 12.1. The molecule has 0 radical (unpaired) electrons. The molecule has 1 heteroatoms. The lowest BCUT2D eigenvalue weighted by molar-refractivity contribution is 0.346. The van der Waals surface area contributed by atoms with Crippen LogP contribution in [0.2, 0.25) is 0 Å². The first kappa shape index (κ1) is 14.2. The quantitative estimate of drug-likeness (QED) is 0.627. The van der Waals surface area contributed by atoms with Crippen LogP contribution in [0, 0.1) is 11.8 Å². The van der Waals surface area contributed by atoms with Gasteiger partial charge in [-0.25, -0.2) is 0 Å². The summed E-state index contributed by atoms with van der Waals surface area (Å²) < 4.78 is 0. The molecule has 1 nitrogen and oxygen atoms in total. The lowest BCUT2D eigenvalue weighted by Gasteiger charge is -2.19. The standard InChI is InChI=1S/C9H21N.C2H4/c1-5-6-9(7-10-4)8(2)3;1-2/h8-10H,5-7H2,1-4H3;1-2H2. The average Bonchev–Trinajstić information content (AvgIpc) is 2.08. The van der Waals surface area contributed by atoms with E-state index < -0.39 is 0 Å². The molecule has 0 aliphatic heterocycles. The van der Waals surface area contributed by atoms with Crippen molar-refractivity contribution in [2.24, 2.45) is 11.8 Å². The van der Waals surface area contributed by atoms with Crippen LogP contribution in [0.3, 0.4) is 0 Å². The van der Waals surface area contributed by atoms with Crippen LogP contribution < -0.4 is 5.32 Å². The molecular formula is C11H25N. The van der Waals surface area contributed by atoms with E-state index in [9.17, 15) is 0 Å². The van der Waals surface area contributed by atoms with Crippen molar-refractivity contribution in [2.45, 2.75) is 33.6 Å². The van der Waals surface area contributed by atoms with Gasteiger partial charge in [0.1, 0.15) is 0 Å². The van der Waals surface area contributed by atoms with Crippen molar-refractivity contribution in [1.29, 1.82) is 0 Å². The van der Waals surface area contributed by atoms with E-state index in [1.807, 2.05) is 7.05 Å². The van der Waals surface area contributed by atoms with Crippen LogP contribution in [0.4, 0.5) is 0 Å². The first-order chi connectivity index (χ1) is 5.72. The zero-order chi connectivity index (χ0) is 9.98. The lowest BCUT2D eigenvalue weighted by atomic mass is 9.91. The third kappa shape index (κ3) is 7.80. The van der Waals surface area contributed by atoms with Crippen LogP contribution in [0.1, 0.15) is 33.6 Å². The van der Waals surface area contributed by atoms with E-state index in [0.29, 0.717) is 0 Å². The monoisotopic (exact) mass is 171 g/mol. The maximum absolute atomic E-state index is 3.23. The van der Waals surface area contributed by atoms with Crippen molar-refractivity contribution in [3.8, 4) is 0 Å². The maximum Gasteiger partial charge on any atom is -0.00211 e. The van der Waals surface area contributed by atoms with Gasteiger partial charge in [0.25, 0.3) is 0 Å². The number of rotatable bonds is 5. The fourth-order valence-electron chi connectivity index (χ4n) is 1.30. The van der Waals surface area contributed by atoms with Gasteiger partial charge in [0.05, 0.1) is 0 Å². The van der Waals surface area contributed by atoms with Crippen molar-refractivity contribution in [1.82, 2.24) is 5.32 Å². The molecule has 0 aromatic heterocycles. The van der Waals surface area contributed by atoms with Gasteiger partial charge in [-0.3, -0.25) is 0 Å². The van der Waals surface area contributed by atoms with Crippen molar-refractivity contribution in [3.63, 3.8) is 0 Å². The highest BCUT2D eigenvalue weighted by atomic mass is 14.8. The van der Waals surface area contributed by atoms with Crippen LogP contribution in [0.15, 0.2) is 13.2 Å². The summed E-state index contributed by atoms with van der Waals surface area (Å²) in [6, 6.07) is 0. The molecule has 0 aromatic carbocycles. The summed E-state index contributed by atoms with van der Waals surface area (Å²) in [4.78, 5) is 0. The number of hydrogen-bond donors (Lipinski definition) is 1. The van der Waals surface area contributed by atoms with Gasteiger partial charge < -0.3 is 5.32 Å². The van der Waals surface area contributed by atoms with Gasteiger partial charge >= 0.3 is 0 Å². The molecule has 0 aromatic rings. The molecule has 0 amide bonds. The molecule has 0 saturated heterocycles. The molecule has 0 spiro atoms. The Balaban J connectivity index is 0. The van der Waals surface area contributed by atoms with Crippen LogP contribution >= 0.6 is 0 Å². The summed E-state index contributed by atoms with van der Waals surface area (Å²) in [5, 5.41) is 3.23. The maximum atomic E-state index is 3.23. The average molecular weight is 171 g/mol. The minimum absolute atomic E-state index is 0.826. The first-order valence-corrected chi connectivity index (χ1v) is 4.87. The zero-order valence-electron chi connectivity index (χ0n) is 9.19. The Bertz CT molecular complexity index is 73.1. The van der Waals surface area contributed by atoms with Crippen molar-refractivity contribution in [2.75, 3.05) is 13.6 Å². The third-order valence-electron chi connectivity index (χ3n) is 2.07. The largest absolute Gasteiger partial charge is 0.319 e. The molecule has 0 saturated carbocycles. The van der Waals surface area contributed by atoms with E-state index in [0.717, 1.165) is 11.8 Å². The highest BCUT2D eigenvalue weighted by molar-refractivity contribution is 4.63. The van der Waals surface area contributed by atoms with Crippen LogP contribution in [-0.2, 0) is 0 Å². The Morgan fingerprint density at radius 2 is 1.75 bits per heavy atom. The third-order valence-corrected chi connectivity index (χ3v) is 2.07. The Hall–Kier alpha value is -0.300. The Kier molecular flexibility index (Phi) is 12.7. The van der Waals surface area contributed by atoms with Crippen molar-refractivity contribution < 1.29 is 0 Å². The van der Waals surface area contributed by atoms with E-state index in [4.69, 9.17) is 0 Å². The smallest absolute Gasteiger partial charge is 0.00211 e. The summed E-state index contributed by atoms with van der Waals surface area (Å²) in [7, 11) is 2.03.